The van der Waals surface area contributed by atoms with Crippen molar-refractivity contribution in [2.75, 3.05) is 25.0 Å². The molecule has 0 aliphatic carbocycles. The van der Waals surface area contributed by atoms with Crippen molar-refractivity contribution in [1.29, 1.82) is 0 Å². The normalized spacial score (nSPS) is 15.2. The zero-order valence-electron chi connectivity index (χ0n) is 18.6. The minimum absolute atomic E-state index is 0. The summed E-state index contributed by atoms with van der Waals surface area (Å²) >= 11 is 0. The van der Waals surface area contributed by atoms with Crippen LogP contribution in [0, 0.1) is 18.9 Å². The van der Waals surface area contributed by atoms with Crippen LogP contribution in [-0.4, -0.2) is 39.5 Å². The molecule has 9 heteroatoms. The fourth-order valence-corrected chi connectivity index (χ4v) is 4.08. The van der Waals surface area contributed by atoms with Crippen molar-refractivity contribution < 1.29 is 42.7 Å². The van der Waals surface area contributed by atoms with Crippen molar-refractivity contribution in [2.24, 2.45) is 0 Å². The van der Waals surface area contributed by atoms with Gasteiger partial charge in [0.2, 0.25) is 0 Å². The van der Waals surface area contributed by atoms with Crippen LogP contribution in [0.25, 0.3) is 11.0 Å². The van der Waals surface area contributed by atoms with Crippen LogP contribution in [0.2, 0.25) is 0 Å². The van der Waals surface area contributed by atoms with E-state index in [1.54, 1.807) is 6.92 Å². The van der Waals surface area contributed by atoms with Crippen molar-refractivity contribution in [3.8, 4) is 0 Å². The van der Waals surface area contributed by atoms with E-state index in [9.17, 15) is 13.2 Å². The number of aryl methyl sites for hydroxylation is 1. The SMILES string of the molecule is CCN1CCC(c2[c-]nc3nc(C)nc(NCc4cccc(C(F)F)c4F)c3c2)CC1.[Na+]. The van der Waals surface area contributed by atoms with Crippen LogP contribution >= 0.6 is 0 Å². The van der Waals surface area contributed by atoms with Gasteiger partial charge in [-0.05, 0) is 50.7 Å². The second-order valence-corrected chi connectivity index (χ2v) is 7.86. The molecule has 2 aromatic heterocycles. The maximum atomic E-state index is 14.4. The zero-order valence-corrected chi connectivity index (χ0v) is 20.6. The van der Waals surface area contributed by atoms with Gasteiger partial charge in [0.25, 0.3) is 6.43 Å². The van der Waals surface area contributed by atoms with Crippen molar-refractivity contribution in [3.05, 3.63) is 58.8 Å². The average Bonchev–Trinajstić information content (AvgIpc) is 2.77. The van der Waals surface area contributed by atoms with E-state index in [0.29, 0.717) is 23.2 Å². The smallest absolute Gasteiger partial charge is 0.369 e. The number of fused-ring (bicyclic) bond motifs is 1. The Morgan fingerprint density at radius 3 is 2.66 bits per heavy atom. The van der Waals surface area contributed by atoms with Gasteiger partial charge in [0.15, 0.2) is 0 Å². The van der Waals surface area contributed by atoms with Gasteiger partial charge >= 0.3 is 29.6 Å². The topological polar surface area (TPSA) is 53.9 Å². The molecule has 0 amide bonds. The number of piperidine rings is 1. The number of pyridine rings is 1. The molecule has 1 saturated heterocycles. The Hall–Kier alpha value is -1.74. The van der Waals surface area contributed by atoms with E-state index in [2.05, 4.69) is 38.3 Å². The Labute approximate surface area is 208 Å². The second-order valence-electron chi connectivity index (χ2n) is 7.86. The molecular formula is C23H25F3N5Na. The monoisotopic (exact) mass is 451 g/mol. The molecule has 3 heterocycles. The van der Waals surface area contributed by atoms with E-state index in [4.69, 9.17) is 0 Å². The number of nitrogens with one attached hydrogen (secondary N) is 1. The molecule has 0 saturated carbocycles. The number of aromatic nitrogens is 3. The standard InChI is InChI=1S/C23H25F3N5.Na/c1-3-31-9-7-15(8-10-31)17-11-19-22(29-14(2)30-23(19)28-13-17)27-12-16-5-4-6-18(20(16)24)21(25)26;/h4-6,11,15,21H,3,7-10,12H2,1-2H3,(H,27,28,29,30);/q-1;+1. The number of likely N-dealkylation sites (tertiary alicyclic amines) is 1. The van der Waals surface area contributed by atoms with E-state index >= 15 is 0 Å². The van der Waals surface area contributed by atoms with Gasteiger partial charge in [-0.25, -0.2) is 18.2 Å². The molecule has 1 aliphatic rings. The van der Waals surface area contributed by atoms with Crippen LogP contribution in [0.4, 0.5) is 19.0 Å². The Balaban J connectivity index is 0.00000289. The number of anilines is 1. The summed E-state index contributed by atoms with van der Waals surface area (Å²) in [7, 11) is 0. The van der Waals surface area contributed by atoms with E-state index in [1.807, 2.05) is 6.07 Å². The number of rotatable bonds is 6. The van der Waals surface area contributed by atoms with Crippen LogP contribution in [0.1, 0.15) is 54.6 Å². The molecular weight excluding hydrogens is 426 g/mol. The summed E-state index contributed by atoms with van der Waals surface area (Å²) in [6, 6.07) is 6.03. The molecule has 1 aliphatic heterocycles. The molecule has 0 unspecified atom stereocenters. The molecule has 0 atom stereocenters. The Bertz CT molecular complexity index is 1070. The molecule has 5 nitrogen and oxygen atoms in total. The summed E-state index contributed by atoms with van der Waals surface area (Å²) in [5.74, 6) is 0.503. The minimum Gasteiger partial charge on any atom is -0.369 e. The molecule has 1 aromatic carbocycles. The second kappa shape index (κ2) is 10.9. The van der Waals surface area contributed by atoms with Gasteiger partial charge in [-0.3, -0.25) is 4.98 Å². The average molecular weight is 451 g/mol. The quantitative estimate of drug-likeness (QED) is 0.459. The van der Waals surface area contributed by atoms with Gasteiger partial charge in [0.1, 0.15) is 17.5 Å². The van der Waals surface area contributed by atoms with Crippen molar-refractivity contribution in [1.82, 2.24) is 19.9 Å². The molecule has 0 bridgehead atoms. The number of alkyl halides is 2. The first kappa shape index (κ1) is 24.9. The number of nitrogens with zero attached hydrogens (tertiary/aromatic N) is 4. The number of halogens is 3. The summed E-state index contributed by atoms with van der Waals surface area (Å²) in [5.41, 5.74) is 1.08. The van der Waals surface area contributed by atoms with Crippen LogP contribution in [0.3, 0.4) is 0 Å². The summed E-state index contributed by atoms with van der Waals surface area (Å²) in [4.78, 5) is 15.7. The van der Waals surface area contributed by atoms with Crippen molar-refractivity contribution in [2.45, 2.75) is 45.6 Å². The number of benzene rings is 1. The van der Waals surface area contributed by atoms with Gasteiger partial charge in [-0.2, -0.15) is 6.07 Å². The molecule has 32 heavy (non-hydrogen) atoms. The summed E-state index contributed by atoms with van der Waals surface area (Å²) in [6.45, 7) is 7.09. The van der Waals surface area contributed by atoms with E-state index in [-0.39, 0.29) is 41.7 Å². The predicted octanol–water partition coefficient (Wildman–Crippen LogP) is 2.03. The first-order valence-corrected chi connectivity index (χ1v) is 10.5. The third-order valence-electron chi connectivity index (χ3n) is 5.89. The molecule has 164 valence electrons. The third-order valence-corrected chi connectivity index (χ3v) is 5.89. The Morgan fingerprint density at radius 2 is 1.97 bits per heavy atom. The van der Waals surface area contributed by atoms with Gasteiger partial charge in [0.05, 0.1) is 11.2 Å². The number of hydrogen-bond donors (Lipinski definition) is 1. The van der Waals surface area contributed by atoms with E-state index in [0.717, 1.165) is 49.5 Å². The molecule has 1 fully saturated rings. The molecule has 4 rings (SSSR count). The summed E-state index contributed by atoms with van der Waals surface area (Å²) < 4.78 is 40.4. The molecule has 0 radical (unpaired) electrons. The predicted molar refractivity (Wildman–Crippen MR) is 114 cm³/mol. The Morgan fingerprint density at radius 1 is 1.22 bits per heavy atom. The van der Waals surface area contributed by atoms with Crippen LogP contribution in [0.15, 0.2) is 24.3 Å². The van der Waals surface area contributed by atoms with Crippen LogP contribution < -0.4 is 34.9 Å². The van der Waals surface area contributed by atoms with E-state index < -0.39 is 17.8 Å². The molecule has 0 spiro atoms. The van der Waals surface area contributed by atoms with Gasteiger partial charge < -0.3 is 15.2 Å². The van der Waals surface area contributed by atoms with E-state index in [1.165, 1.54) is 12.1 Å². The van der Waals surface area contributed by atoms with Crippen LogP contribution in [0.5, 0.6) is 0 Å². The largest absolute Gasteiger partial charge is 1.00 e. The summed E-state index contributed by atoms with van der Waals surface area (Å²) in [5, 5.41) is 3.82. The Kier molecular flexibility index (Phi) is 8.49. The third kappa shape index (κ3) is 5.42. The van der Waals surface area contributed by atoms with Crippen molar-refractivity contribution >= 4 is 16.9 Å². The molecule has 1 N–H and O–H groups in total. The van der Waals surface area contributed by atoms with Gasteiger partial charge in [-0.15, -0.1) is 5.56 Å². The first-order valence-electron chi connectivity index (χ1n) is 10.5. The zero-order chi connectivity index (χ0) is 22.0. The van der Waals surface area contributed by atoms with Gasteiger partial charge in [0, 0.05) is 12.1 Å². The minimum atomic E-state index is -2.86. The number of hydrogen-bond acceptors (Lipinski definition) is 5. The van der Waals surface area contributed by atoms with Crippen LogP contribution in [-0.2, 0) is 6.54 Å². The fourth-order valence-electron chi connectivity index (χ4n) is 4.08. The van der Waals surface area contributed by atoms with Crippen molar-refractivity contribution in [3.63, 3.8) is 0 Å². The van der Waals surface area contributed by atoms with Gasteiger partial charge in [-0.1, -0.05) is 31.3 Å². The maximum Gasteiger partial charge on any atom is 1.00 e. The maximum absolute atomic E-state index is 14.4. The summed E-state index contributed by atoms with van der Waals surface area (Å²) in [6.07, 6.45) is 2.36. The first-order chi connectivity index (χ1) is 15.0. The molecule has 3 aromatic rings. The fraction of sp³-hybridized carbons (Fsp3) is 0.435.